The quantitative estimate of drug-likeness (QED) is 0.789. The van der Waals surface area contributed by atoms with Crippen LogP contribution >= 0.6 is 0 Å². The molecule has 0 radical (unpaired) electrons. The van der Waals surface area contributed by atoms with E-state index in [4.69, 9.17) is 0 Å². The Morgan fingerprint density at radius 3 is 2.50 bits per heavy atom. The van der Waals surface area contributed by atoms with E-state index in [1.807, 2.05) is 36.1 Å². The van der Waals surface area contributed by atoms with Crippen LogP contribution in [0.2, 0.25) is 0 Å². The van der Waals surface area contributed by atoms with Gasteiger partial charge in [0.05, 0.1) is 6.54 Å². The molecular formula is C19H30N3O2+. The van der Waals surface area contributed by atoms with Crippen LogP contribution in [0, 0.1) is 6.92 Å². The first-order valence-corrected chi connectivity index (χ1v) is 9.07. The predicted molar refractivity (Wildman–Crippen MR) is 96.1 cm³/mol. The van der Waals surface area contributed by atoms with Gasteiger partial charge in [-0.2, -0.15) is 0 Å². The summed E-state index contributed by atoms with van der Waals surface area (Å²) in [6, 6.07) is 7.76. The van der Waals surface area contributed by atoms with Gasteiger partial charge in [0.15, 0.2) is 13.1 Å². The lowest BCUT2D eigenvalue weighted by atomic mass is 10.1. The summed E-state index contributed by atoms with van der Waals surface area (Å²) in [5.74, 6) is 0.154. The third-order valence-corrected chi connectivity index (χ3v) is 4.54. The van der Waals surface area contributed by atoms with Crippen molar-refractivity contribution < 1.29 is 14.5 Å². The molecule has 1 atom stereocenters. The van der Waals surface area contributed by atoms with Gasteiger partial charge in [0.1, 0.15) is 0 Å². The summed E-state index contributed by atoms with van der Waals surface area (Å²) in [5, 5.41) is 2.97. The topological polar surface area (TPSA) is 53.9 Å². The Kier molecular flexibility index (Phi) is 7.25. The van der Waals surface area contributed by atoms with Gasteiger partial charge in [-0.25, -0.2) is 0 Å². The van der Waals surface area contributed by atoms with Crippen molar-refractivity contribution in [3.8, 4) is 0 Å². The number of carbonyl (C=O) groups excluding carboxylic acids is 2. The average Bonchev–Trinajstić information content (AvgIpc) is 2.58. The molecule has 0 aliphatic carbocycles. The van der Waals surface area contributed by atoms with E-state index < -0.39 is 0 Å². The van der Waals surface area contributed by atoms with Crippen molar-refractivity contribution >= 4 is 17.5 Å². The third kappa shape index (κ3) is 5.64. The third-order valence-electron chi connectivity index (χ3n) is 4.54. The molecule has 5 heteroatoms. The van der Waals surface area contributed by atoms with Gasteiger partial charge in [-0.3, -0.25) is 9.59 Å². The number of piperidine rings is 1. The van der Waals surface area contributed by atoms with Crippen molar-refractivity contribution in [1.82, 2.24) is 4.90 Å². The molecule has 0 spiro atoms. The van der Waals surface area contributed by atoms with Crippen molar-refractivity contribution in [2.45, 2.75) is 39.5 Å². The number of para-hydroxylation sites is 1. The number of aryl methyl sites for hydroxylation is 1. The van der Waals surface area contributed by atoms with Crippen LogP contribution < -0.4 is 10.2 Å². The lowest BCUT2D eigenvalue weighted by molar-refractivity contribution is -0.884. The number of likely N-dealkylation sites (tertiary alicyclic amines) is 1. The summed E-state index contributed by atoms with van der Waals surface area (Å²) in [5.41, 5.74) is 1.90. The maximum Gasteiger partial charge on any atom is 0.279 e. The average molecular weight is 332 g/mol. The Hall–Kier alpha value is -1.88. The minimum atomic E-state index is -0.0285. The van der Waals surface area contributed by atoms with E-state index in [9.17, 15) is 9.59 Å². The minimum Gasteiger partial charge on any atom is -0.338 e. The first-order valence-electron chi connectivity index (χ1n) is 9.07. The summed E-state index contributed by atoms with van der Waals surface area (Å²) in [4.78, 5) is 27.8. The molecule has 0 saturated carbocycles. The maximum absolute atomic E-state index is 12.5. The Morgan fingerprint density at radius 2 is 1.83 bits per heavy atom. The number of hydrogen-bond acceptors (Lipinski definition) is 2. The second-order valence-corrected chi connectivity index (χ2v) is 6.66. The molecule has 132 valence electrons. The molecule has 0 aromatic heterocycles. The van der Waals surface area contributed by atoms with Crippen LogP contribution in [-0.4, -0.2) is 49.4 Å². The SMILES string of the molecule is CCC[NH+](CC(=O)Nc1ccccc1C)CC(=O)N1CCCCC1. The predicted octanol–water partition coefficient (Wildman–Crippen LogP) is 1.24. The molecule has 2 rings (SSSR count). The molecule has 1 aliphatic rings. The molecule has 24 heavy (non-hydrogen) atoms. The molecule has 1 saturated heterocycles. The van der Waals surface area contributed by atoms with Gasteiger partial charge in [0, 0.05) is 18.8 Å². The van der Waals surface area contributed by atoms with Crippen LogP contribution in [0.25, 0.3) is 0 Å². The van der Waals surface area contributed by atoms with Gasteiger partial charge in [0.25, 0.3) is 11.8 Å². The maximum atomic E-state index is 12.5. The molecule has 2 N–H and O–H groups in total. The minimum absolute atomic E-state index is 0.0285. The molecule has 2 amide bonds. The fourth-order valence-corrected chi connectivity index (χ4v) is 3.20. The van der Waals surface area contributed by atoms with Gasteiger partial charge in [-0.05, 0) is 44.2 Å². The van der Waals surface area contributed by atoms with Gasteiger partial charge in [-0.1, -0.05) is 25.1 Å². The van der Waals surface area contributed by atoms with Gasteiger partial charge >= 0.3 is 0 Å². The van der Waals surface area contributed by atoms with Crippen LogP contribution in [0.1, 0.15) is 38.2 Å². The smallest absolute Gasteiger partial charge is 0.279 e. The van der Waals surface area contributed by atoms with Gasteiger partial charge in [-0.15, -0.1) is 0 Å². The number of rotatable bonds is 7. The molecule has 1 aliphatic heterocycles. The number of anilines is 1. The number of carbonyl (C=O) groups is 2. The number of quaternary nitrogens is 1. The molecule has 1 aromatic rings. The van der Waals surface area contributed by atoms with Crippen LogP contribution in [0.4, 0.5) is 5.69 Å². The standard InChI is InChI=1S/C19H29N3O2/c1-3-11-21(15-19(24)22-12-7-4-8-13-22)14-18(23)20-17-10-6-5-9-16(17)2/h5-6,9-10H,3-4,7-8,11-15H2,1-2H3,(H,20,23)/p+1. The summed E-state index contributed by atoms with van der Waals surface area (Å²) >= 11 is 0. The molecular weight excluding hydrogens is 302 g/mol. The van der Waals surface area contributed by atoms with Gasteiger partial charge in [0.2, 0.25) is 0 Å². The van der Waals surface area contributed by atoms with E-state index in [0.717, 1.165) is 55.0 Å². The highest BCUT2D eigenvalue weighted by molar-refractivity contribution is 5.92. The second kappa shape index (κ2) is 9.42. The van der Waals surface area contributed by atoms with Crippen molar-refractivity contribution in [3.05, 3.63) is 29.8 Å². The van der Waals surface area contributed by atoms with E-state index in [-0.39, 0.29) is 11.8 Å². The molecule has 1 heterocycles. The number of hydrogen-bond donors (Lipinski definition) is 2. The van der Waals surface area contributed by atoms with Crippen LogP contribution in [-0.2, 0) is 9.59 Å². The van der Waals surface area contributed by atoms with Crippen molar-refractivity contribution in [2.75, 3.05) is 38.0 Å². The lowest BCUT2D eigenvalue weighted by Crippen LogP contribution is -3.14. The summed E-state index contributed by atoms with van der Waals surface area (Å²) in [6.07, 6.45) is 4.37. The molecule has 1 fully saturated rings. The van der Waals surface area contributed by atoms with Crippen molar-refractivity contribution in [1.29, 1.82) is 0 Å². The Balaban J connectivity index is 1.88. The summed E-state index contributed by atoms with van der Waals surface area (Å²) < 4.78 is 0. The van der Waals surface area contributed by atoms with Crippen LogP contribution in [0.15, 0.2) is 24.3 Å². The highest BCUT2D eigenvalue weighted by Crippen LogP contribution is 2.12. The van der Waals surface area contributed by atoms with Gasteiger partial charge < -0.3 is 15.1 Å². The molecule has 1 unspecified atom stereocenters. The Labute approximate surface area is 145 Å². The van der Waals surface area contributed by atoms with Crippen LogP contribution in [0.3, 0.4) is 0 Å². The van der Waals surface area contributed by atoms with Crippen molar-refractivity contribution in [3.63, 3.8) is 0 Å². The largest absolute Gasteiger partial charge is 0.338 e. The fourth-order valence-electron chi connectivity index (χ4n) is 3.20. The zero-order valence-corrected chi connectivity index (χ0v) is 14.9. The van der Waals surface area contributed by atoms with E-state index in [1.54, 1.807) is 0 Å². The Bertz CT molecular complexity index is 553. The van der Waals surface area contributed by atoms with E-state index in [0.29, 0.717) is 13.1 Å². The fraction of sp³-hybridized carbons (Fsp3) is 0.579. The van der Waals surface area contributed by atoms with Crippen LogP contribution in [0.5, 0.6) is 0 Å². The first-order chi connectivity index (χ1) is 11.6. The van der Waals surface area contributed by atoms with E-state index >= 15 is 0 Å². The zero-order valence-electron chi connectivity index (χ0n) is 14.9. The Morgan fingerprint density at radius 1 is 1.12 bits per heavy atom. The summed E-state index contributed by atoms with van der Waals surface area (Å²) in [7, 11) is 0. The lowest BCUT2D eigenvalue weighted by Gasteiger charge is -2.28. The molecule has 1 aromatic carbocycles. The second-order valence-electron chi connectivity index (χ2n) is 6.66. The van der Waals surface area contributed by atoms with E-state index in [2.05, 4.69) is 12.2 Å². The number of nitrogens with one attached hydrogen (secondary N) is 2. The monoisotopic (exact) mass is 332 g/mol. The highest BCUT2D eigenvalue weighted by atomic mass is 16.2. The number of nitrogens with zero attached hydrogens (tertiary/aromatic N) is 1. The molecule has 0 bridgehead atoms. The number of amides is 2. The normalized spacial score (nSPS) is 15.8. The number of benzene rings is 1. The van der Waals surface area contributed by atoms with Crippen molar-refractivity contribution in [2.24, 2.45) is 0 Å². The summed E-state index contributed by atoms with van der Waals surface area (Å²) in [6.45, 7) is 7.38. The van der Waals surface area contributed by atoms with E-state index in [1.165, 1.54) is 6.42 Å². The zero-order chi connectivity index (χ0) is 17.4. The highest BCUT2D eigenvalue weighted by Gasteiger charge is 2.23. The first kappa shape index (κ1) is 18.5. The molecule has 5 nitrogen and oxygen atoms in total.